The lowest BCUT2D eigenvalue weighted by molar-refractivity contribution is 0.361. The molecule has 0 amide bonds. The van der Waals surface area contributed by atoms with Gasteiger partial charge in [0.15, 0.2) is 22.2 Å². The van der Waals surface area contributed by atoms with Crippen molar-refractivity contribution < 1.29 is 23.7 Å². The van der Waals surface area contributed by atoms with Crippen molar-refractivity contribution in [1.29, 1.82) is 0 Å². The number of hydrogen-bond acceptors (Lipinski definition) is 5. The minimum absolute atomic E-state index is 0.343. The molecule has 13 heavy (non-hydrogen) atoms. The quantitative estimate of drug-likeness (QED) is 0.410. The zero-order valence-corrected chi connectivity index (χ0v) is 7.71. The van der Waals surface area contributed by atoms with Gasteiger partial charge in [-0.1, -0.05) is 11.6 Å². The van der Waals surface area contributed by atoms with Crippen LogP contribution in [0.25, 0.3) is 0 Å². The van der Waals surface area contributed by atoms with Crippen LogP contribution in [0.4, 0.5) is 0 Å². The first-order valence-corrected chi connectivity index (χ1v) is 4.58. The molecule has 0 spiro atoms. The zero-order chi connectivity index (χ0) is 10.2. The number of phenols is 3. The Bertz CT molecular complexity index is 418. The molecule has 0 saturated carbocycles. The van der Waals surface area contributed by atoms with Crippen molar-refractivity contribution in [2.24, 2.45) is 0 Å². The van der Waals surface area contributed by atoms with Crippen molar-refractivity contribution >= 4 is 22.3 Å². The second-order valence-corrected chi connectivity index (χ2v) is 3.58. The van der Waals surface area contributed by atoms with E-state index in [1.807, 2.05) is 0 Å². The Hall–Kier alpha value is -1.14. The topological polar surface area (TPSA) is 94.8 Å². The summed E-state index contributed by atoms with van der Waals surface area (Å²) in [6.45, 7) is 0. The highest BCUT2D eigenvalue weighted by molar-refractivity contribution is 7.72. The van der Waals surface area contributed by atoms with Crippen LogP contribution in [-0.2, 0) is 10.7 Å². The third-order valence-corrected chi connectivity index (χ3v) is 2.40. The van der Waals surface area contributed by atoms with Crippen LogP contribution in [0.1, 0.15) is 0 Å². The third-order valence-electron chi connectivity index (χ3n) is 1.38. The van der Waals surface area contributed by atoms with Crippen LogP contribution in [0, 0.1) is 0 Å². The van der Waals surface area contributed by atoms with E-state index in [9.17, 15) is 8.42 Å². The van der Waals surface area contributed by atoms with Gasteiger partial charge >= 0.3 is 0 Å². The Kier molecular flexibility index (Phi) is 2.53. The molecular formula is C6H5ClO5S. The van der Waals surface area contributed by atoms with Crippen molar-refractivity contribution in [1.82, 2.24) is 0 Å². The van der Waals surface area contributed by atoms with E-state index in [-0.39, 0.29) is 5.02 Å². The Morgan fingerprint density at radius 3 is 2.08 bits per heavy atom. The first-order chi connectivity index (χ1) is 5.95. The zero-order valence-electron chi connectivity index (χ0n) is 6.06. The fourth-order valence-electron chi connectivity index (χ4n) is 0.742. The highest BCUT2D eigenvalue weighted by Gasteiger charge is 2.16. The maximum atomic E-state index is 10.5. The average molecular weight is 225 g/mol. The number of hydrogen-bond donors (Lipinski definition) is 4. The summed E-state index contributed by atoms with van der Waals surface area (Å²) in [5.74, 6) is -2.60. The monoisotopic (exact) mass is 224 g/mol. The fraction of sp³-hybridized carbons (Fsp3) is 0. The van der Waals surface area contributed by atoms with Crippen LogP contribution in [0.5, 0.6) is 17.2 Å². The van der Waals surface area contributed by atoms with Gasteiger partial charge in [-0.25, -0.2) is 8.42 Å². The molecule has 0 radical (unpaired) electrons. The number of thiol groups is 1. The summed E-state index contributed by atoms with van der Waals surface area (Å²) in [7, 11) is -3.07. The maximum Gasteiger partial charge on any atom is 0.203 e. The van der Waals surface area contributed by atoms with E-state index < -0.39 is 32.8 Å². The molecule has 72 valence electrons. The summed E-state index contributed by atoms with van der Waals surface area (Å²) < 4.78 is 20.9. The molecule has 5 nitrogen and oxygen atoms in total. The molecule has 0 bridgehead atoms. The van der Waals surface area contributed by atoms with Crippen LogP contribution in [0.15, 0.2) is 11.0 Å². The SMILES string of the molecule is O=[SH](=O)c1cc(Cl)c(O)c(O)c1O. The minimum atomic E-state index is -3.07. The molecule has 1 rings (SSSR count). The second-order valence-electron chi connectivity index (χ2n) is 2.18. The van der Waals surface area contributed by atoms with E-state index in [1.165, 1.54) is 0 Å². The number of benzene rings is 1. The molecule has 3 N–H and O–H groups in total. The standard InChI is InChI=1S/C6H5ClO5S/c7-2-1-3(13(11)12)5(9)6(10)4(2)8/h1,8-10,13H. The molecule has 1 aromatic rings. The third kappa shape index (κ3) is 1.63. The van der Waals surface area contributed by atoms with Crippen molar-refractivity contribution in [2.45, 2.75) is 4.90 Å². The molecule has 0 heterocycles. The summed E-state index contributed by atoms with van der Waals surface area (Å²) in [5.41, 5.74) is 0. The largest absolute Gasteiger partial charge is 0.503 e. The highest BCUT2D eigenvalue weighted by atomic mass is 35.5. The number of phenolic OH excluding ortho intramolecular Hbond substituents is 3. The summed E-state index contributed by atoms with van der Waals surface area (Å²) in [6, 6.07) is 0.845. The summed E-state index contributed by atoms with van der Waals surface area (Å²) >= 11 is 5.35. The first-order valence-electron chi connectivity index (χ1n) is 3.03. The van der Waals surface area contributed by atoms with E-state index in [2.05, 4.69) is 0 Å². The molecule has 7 heteroatoms. The number of aromatic hydroxyl groups is 3. The normalized spacial score (nSPS) is 10.6. The van der Waals surface area contributed by atoms with Crippen LogP contribution in [0.3, 0.4) is 0 Å². The van der Waals surface area contributed by atoms with Gasteiger partial charge in [-0.05, 0) is 6.07 Å². The van der Waals surface area contributed by atoms with Gasteiger partial charge < -0.3 is 15.3 Å². The van der Waals surface area contributed by atoms with Crippen molar-refractivity contribution in [3.05, 3.63) is 11.1 Å². The lowest BCUT2D eigenvalue weighted by Crippen LogP contribution is -1.83. The predicted octanol–water partition coefficient (Wildman–Crippen LogP) is 0.427. The molecule has 0 aromatic heterocycles. The van der Waals surface area contributed by atoms with Crippen LogP contribution in [-0.4, -0.2) is 23.7 Å². The molecule has 0 aliphatic carbocycles. The van der Waals surface area contributed by atoms with E-state index in [4.69, 9.17) is 26.9 Å². The van der Waals surface area contributed by atoms with Crippen molar-refractivity contribution in [3.8, 4) is 17.2 Å². The van der Waals surface area contributed by atoms with Gasteiger partial charge in [0.1, 0.15) is 4.90 Å². The van der Waals surface area contributed by atoms with Gasteiger partial charge in [0.2, 0.25) is 5.75 Å². The van der Waals surface area contributed by atoms with E-state index in [0.29, 0.717) is 0 Å². The lowest BCUT2D eigenvalue weighted by atomic mass is 10.3. The second kappa shape index (κ2) is 3.31. The van der Waals surface area contributed by atoms with Crippen molar-refractivity contribution in [3.63, 3.8) is 0 Å². The molecule has 0 unspecified atom stereocenters. The van der Waals surface area contributed by atoms with Crippen molar-refractivity contribution in [2.75, 3.05) is 0 Å². The summed E-state index contributed by atoms with van der Waals surface area (Å²) in [6.07, 6.45) is 0. The Balaban J connectivity index is 3.59. The molecule has 0 fully saturated rings. The summed E-state index contributed by atoms with van der Waals surface area (Å²) in [4.78, 5) is -0.532. The van der Waals surface area contributed by atoms with E-state index in [1.54, 1.807) is 0 Å². The van der Waals surface area contributed by atoms with Gasteiger partial charge in [0.25, 0.3) is 0 Å². The molecule has 1 aromatic carbocycles. The predicted molar refractivity (Wildman–Crippen MR) is 45.0 cm³/mol. The Morgan fingerprint density at radius 2 is 1.62 bits per heavy atom. The van der Waals surface area contributed by atoms with Gasteiger partial charge in [0, 0.05) is 0 Å². The molecule has 0 aliphatic heterocycles. The maximum absolute atomic E-state index is 10.5. The lowest BCUT2D eigenvalue weighted by Gasteiger charge is -2.04. The Labute approximate surface area is 79.8 Å². The Morgan fingerprint density at radius 1 is 1.08 bits per heavy atom. The van der Waals surface area contributed by atoms with Gasteiger partial charge in [-0.3, -0.25) is 0 Å². The van der Waals surface area contributed by atoms with E-state index in [0.717, 1.165) is 6.07 Å². The van der Waals surface area contributed by atoms with E-state index >= 15 is 0 Å². The summed E-state index contributed by atoms with van der Waals surface area (Å²) in [5, 5.41) is 26.6. The molecule has 0 atom stereocenters. The fourth-order valence-corrected chi connectivity index (χ4v) is 1.53. The first kappa shape index (κ1) is 9.94. The highest BCUT2D eigenvalue weighted by Crippen LogP contribution is 2.43. The van der Waals surface area contributed by atoms with Crippen LogP contribution in [0.2, 0.25) is 5.02 Å². The number of rotatable bonds is 1. The average Bonchev–Trinajstić information content (AvgIpc) is 2.07. The van der Waals surface area contributed by atoms with Gasteiger partial charge in [-0.2, -0.15) is 0 Å². The van der Waals surface area contributed by atoms with Crippen LogP contribution < -0.4 is 0 Å². The molecular weight excluding hydrogens is 220 g/mol. The molecule has 0 saturated heterocycles. The molecule has 0 aliphatic rings. The smallest absolute Gasteiger partial charge is 0.203 e. The van der Waals surface area contributed by atoms with Crippen LogP contribution >= 0.6 is 11.6 Å². The number of halogens is 1. The van der Waals surface area contributed by atoms with Gasteiger partial charge in [0.05, 0.1) is 5.02 Å². The minimum Gasteiger partial charge on any atom is -0.503 e. The van der Waals surface area contributed by atoms with Gasteiger partial charge in [-0.15, -0.1) is 0 Å².